The first kappa shape index (κ1) is 14.8. The van der Waals surface area contributed by atoms with Crippen LogP contribution >= 0.6 is 15.9 Å². The fraction of sp³-hybridized carbons (Fsp3) is 0.333. The molecule has 1 aliphatic rings. The molecule has 0 spiro atoms. The number of carbonyl (C=O) groups is 2. The van der Waals surface area contributed by atoms with E-state index in [1.807, 2.05) is 30.3 Å². The van der Waals surface area contributed by atoms with Crippen molar-refractivity contribution in [3.05, 3.63) is 47.0 Å². The lowest BCUT2D eigenvalue weighted by molar-refractivity contribution is -0.147. The van der Waals surface area contributed by atoms with Gasteiger partial charge >= 0.3 is 0 Å². The average Bonchev–Trinajstić information content (AvgIpc) is 2.42. The summed E-state index contributed by atoms with van der Waals surface area (Å²) in [7, 11) is 0. The molecule has 2 unspecified atom stereocenters. The molecule has 2 rings (SSSR count). The van der Waals surface area contributed by atoms with E-state index in [0.29, 0.717) is 17.4 Å². The maximum atomic E-state index is 12.5. The molecule has 1 aromatic rings. The van der Waals surface area contributed by atoms with Crippen LogP contribution in [0.5, 0.6) is 0 Å². The third-order valence-electron chi connectivity index (χ3n) is 3.37. The van der Waals surface area contributed by atoms with E-state index in [9.17, 15) is 9.59 Å². The molecule has 1 saturated heterocycles. The maximum Gasteiger partial charge on any atom is 0.246 e. The molecule has 1 aliphatic heterocycles. The number of nitrogens with zero attached hydrogens (tertiary/aromatic N) is 1. The normalized spacial score (nSPS) is 22.6. The van der Waals surface area contributed by atoms with E-state index in [0.717, 1.165) is 5.56 Å². The zero-order valence-corrected chi connectivity index (χ0v) is 12.9. The number of hydrogen-bond donors (Lipinski definition) is 1. The van der Waals surface area contributed by atoms with Gasteiger partial charge in [0.05, 0.1) is 6.54 Å². The van der Waals surface area contributed by atoms with Gasteiger partial charge < -0.3 is 10.2 Å². The Kier molecular flexibility index (Phi) is 4.60. The Hall–Kier alpha value is -1.62. The molecule has 106 valence electrons. The summed E-state index contributed by atoms with van der Waals surface area (Å²) in [4.78, 5) is 26.0. The average molecular weight is 337 g/mol. The third kappa shape index (κ3) is 3.28. The number of amides is 2. The summed E-state index contributed by atoms with van der Waals surface area (Å²) in [6.45, 7) is 5.81. The molecule has 0 radical (unpaired) electrons. The first-order valence-electron chi connectivity index (χ1n) is 6.47. The molecule has 0 bridgehead atoms. The standard InChI is InChI=1S/C15H17BrN2O2/c1-10(16)9-18-11(2)14(19)17-13(15(18)20)8-12-6-4-3-5-7-12/h3-7,11,13H,1,8-9H2,2H3,(H,17,19). The first-order valence-corrected chi connectivity index (χ1v) is 7.26. The van der Waals surface area contributed by atoms with Crippen LogP contribution in [0.2, 0.25) is 0 Å². The van der Waals surface area contributed by atoms with Gasteiger partial charge in [-0.1, -0.05) is 52.8 Å². The number of benzene rings is 1. The monoisotopic (exact) mass is 336 g/mol. The van der Waals surface area contributed by atoms with Crippen molar-refractivity contribution >= 4 is 27.7 Å². The molecule has 0 aromatic heterocycles. The van der Waals surface area contributed by atoms with Crippen molar-refractivity contribution < 1.29 is 9.59 Å². The van der Waals surface area contributed by atoms with Gasteiger partial charge in [0.25, 0.3) is 0 Å². The summed E-state index contributed by atoms with van der Waals surface area (Å²) < 4.78 is 0.686. The summed E-state index contributed by atoms with van der Waals surface area (Å²) in [6, 6.07) is 8.69. The largest absolute Gasteiger partial charge is 0.342 e. The fourth-order valence-electron chi connectivity index (χ4n) is 2.27. The molecule has 5 heteroatoms. The van der Waals surface area contributed by atoms with Gasteiger partial charge in [-0.25, -0.2) is 0 Å². The van der Waals surface area contributed by atoms with Crippen molar-refractivity contribution in [1.29, 1.82) is 0 Å². The molecular formula is C15H17BrN2O2. The summed E-state index contributed by atoms with van der Waals surface area (Å²) in [6.07, 6.45) is 0.503. The SMILES string of the molecule is C=C(Br)CN1C(=O)C(Cc2ccccc2)NC(=O)C1C. The quantitative estimate of drug-likeness (QED) is 0.912. The summed E-state index contributed by atoms with van der Waals surface area (Å²) >= 11 is 3.25. The highest BCUT2D eigenvalue weighted by Crippen LogP contribution is 2.16. The highest BCUT2D eigenvalue weighted by Gasteiger charge is 2.37. The number of piperazine rings is 1. The smallest absolute Gasteiger partial charge is 0.246 e. The van der Waals surface area contributed by atoms with E-state index in [-0.39, 0.29) is 11.8 Å². The predicted octanol–water partition coefficient (Wildman–Crippen LogP) is 1.85. The lowest BCUT2D eigenvalue weighted by Crippen LogP contribution is -2.63. The Morgan fingerprint density at radius 3 is 2.60 bits per heavy atom. The molecule has 2 atom stereocenters. The topological polar surface area (TPSA) is 49.4 Å². The molecule has 1 fully saturated rings. The van der Waals surface area contributed by atoms with Crippen LogP contribution in [0.1, 0.15) is 12.5 Å². The zero-order valence-electron chi connectivity index (χ0n) is 11.3. The number of rotatable bonds is 4. The third-order valence-corrected chi connectivity index (χ3v) is 3.62. The van der Waals surface area contributed by atoms with Crippen LogP contribution in [0, 0.1) is 0 Å². The van der Waals surface area contributed by atoms with Crippen molar-refractivity contribution in [3.8, 4) is 0 Å². The number of nitrogens with one attached hydrogen (secondary N) is 1. The second-order valence-corrected chi connectivity index (χ2v) is 6.03. The van der Waals surface area contributed by atoms with Crippen LogP contribution in [0.15, 0.2) is 41.4 Å². The Morgan fingerprint density at radius 2 is 2.00 bits per heavy atom. The van der Waals surface area contributed by atoms with Crippen molar-refractivity contribution in [1.82, 2.24) is 10.2 Å². The van der Waals surface area contributed by atoms with Gasteiger partial charge in [0.2, 0.25) is 11.8 Å². The van der Waals surface area contributed by atoms with Gasteiger partial charge in [0.1, 0.15) is 12.1 Å². The highest BCUT2D eigenvalue weighted by atomic mass is 79.9. The highest BCUT2D eigenvalue weighted by molar-refractivity contribution is 9.11. The molecule has 0 saturated carbocycles. The lowest BCUT2D eigenvalue weighted by atomic mass is 10.0. The number of carbonyl (C=O) groups excluding carboxylic acids is 2. The molecule has 2 amide bonds. The molecule has 20 heavy (non-hydrogen) atoms. The van der Waals surface area contributed by atoms with Crippen LogP contribution in [0.25, 0.3) is 0 Å². The van der Waals surface area contributed by atoms with E-state index in [2.05, 4.69) is 27.8 Å². The Morgan fingerprint density at radius 1 is 1.35 bits per heavy atom. The second-order valence-electron chi connectivity index (χ2n) is 4.91. The van der Waals surface area contributed by atoms with Crippen molar-refractivity contribution in [2.75, 3.05) is 6.54 Å². The van der Waals surface area contributed by atoms with E-state index >= 15 is 0 Å². The maximum absolute atomic E-state index is 12.5. The Bertz CT molecular complexity index is 530. The summed E-state index contributed by atoms with van der Waals surface area (Å²) in [5.74, 6) is -0.194. The number of halogens is 1. The number of hydrogen-bond acceptors (Lipinski definition) is 2. The van der Waals surface area contributed by atoms with Gasteiger partial charge in [-0.3, -0.25) is 9.59 Å². The fourth-order valence-corrected chi connectivity index (χ4v) is 2.54. The molecular weight excluding hydrogens is 320 g/mol. The first-order chi connectivity index (χ1) is 9.49. The summed E-state index contributed by atoms with van der Waals surface area (Å²) in [5, 5.41) is 2.79. The molecule has 1 aromatic carbocycles. The lowest BCUT2D eigenvalue weighted by Gasteiger charge is -2.37. The predicted molar refractivity (Wildman–Crippen MR) is 81.3 cm³/mol. The molecule has 1 N–H and O–H groups in total. The van der Waals surface area contributed by atoms with Gasteiger partial charge in [0, 0.05) is 10.9 Å². The van der Waals surface area contributed by atoms with E-state index in [1.54, 1.807) is 11.8 Å². The van der Waals surface area contributed by atoms with Crippen LogP contribution in [-0.4, -0.2) is 35.3 Å². The van der Waals surface area contributed by atoms with E-state index in [1.165, 1.54) is 0 Å². The minimum absolute atomic E-state index is 0.0680. The van der Waals surface area contributed by atoms with Gasteiger partial charge in [-0.2, -0.15) is 0 Å². The zero-order chi connectivity index (χ0) is 14.7. The van der Waals surface area contributed by atoms with Crippen LogP contribution in [0.3, 0.4) is 0 Å². The van der Waals surface area contributed by atoms with Crippen LogP contribution in [0.4, 0.5) is 0 Å². The minimum Gasteiger partial charge on any atom is -0.342 e. The Labute approximate surface area is 127 Å². The van der Waals surface area contributed by atoms with Gasteiger partial charge in [-0.15, -0.1) is 0 Å². The Balaban J connectivity index is 2.15. The van der Waals surface area contributed by atoms with E-state index in [4.69, 9.17) is 0 Å². The van der Waals surface area contributed by atoms with Crippen molar-refractivity contribution in [3.63, 3.8) is 0 Å². The van der Waals surface area contributed by atoms with Crippen LogP contribution < -0.4 is 5.32 Å². The van der Waals surface area contributed by atoms with Gasteiger partial charge in [0.15, 0.2) is 0 Å². The van der Waals surface area contributed by atoms with Crippen LogP contribution in [-0.2, 0) is 16.0 Å². The van der Waals surface area contributed by atoms with E-state index < -0.39 is 12.1 Å². The van der Waals surface area contributed by atoms with Crippen molar-refractivity contribution in [2.45, 2.75) is 25.4 Å². The second kappa shape index (κ2) is 6.22. The minimum atomic E-state index is -0.507. The molecule has 4 nitrogen and oxygen atoms in total. The molecule has 0 aliphatic carbocycles. The summed E-state index contributed by atoms with van der Waals surface area (Å²) in [5.41, 5.74) is 1.03. The van der Waals surface area contributed by atoms with Crippen molar-refractivity contribution in [2.24, 2.45) is 0 Å². The van der Waals surface area contributed by atoms with Gasteiger partial charge in [-0.05, 0) is 12.5 Å². The molecule has 1 heterocycles.